The van der Waals surface area contributed by atoms with Crippen LogP contribution < -0.4 is 5.32 Å². The minimum atomic E-state index is -0.395. The van der Waals surface area contributed by atoms with E-state index in [0.717, 1.165) is 16.3 Å². The standard InChI is InChI=1S/C23H19FN4OS/c1-16-19(14-26-28(16)21-10-3-2-9-20(21)24)23(29)27-18-8-6-7-17(13-18)15-30-22-11-4-5-12-25-22/h2-14H,15H2,1H3,(H,27,29). The largest absolute Gasteiger partial charge is 0.322 e. The first-order chi connectivity index (χ1) is 14.6. The van der Waals surface area contributed by atoms with Crippen LogP contribution in [0.25, 0.3) is 5.69 Å². The van der Waals surface area contributed by atoms with Crippen LogP contribution in [0.4, 0.5) is 10.1 Å². The molecule has 0 saturated carbocycles. The third-order valence-electron chi connectivity index (χ3n) is 4.54. The van der Waals surface area contributed by atoms with Crippen molar-refractivity contribution in [3.05, 3.63) is 102 Å². The lowest BCUT2D eigenvalue weighted by Gasteiger charge is -2.08. The van der Waals surface area contributed by atoms with Gasteiger partial charge in [0.15, 0.2) is 0 Å². The van der Waals surface area contributed by atoms with E-state index in [2.05, 4.69) is 15.4 Å². The quantitative estimate of drug-likeness (QED) is 0.434. The predicted octanol–water partition coefficient (Wildman–Crippen LogP) is 5.26. The fourth-order valence-corrected chi connectivity index (χ4v) is 3.83. The van der Waals surface area contributed by atoms with Crippen LogP contribution in [0.1, 0.15) is 21.6 Å². The second kappa shape index (κ2) is 8.92. The Labute approximate surface area is 178 Å². The summed E-state index contributed by atoms with van der Waals surface area (Å²) in [7, 11) is 0. The number of thioether (sulfide) groups is 1. The zero-order valence-electron chi connectivity index (χ0n) is 16.2. The number of halogens is 1. The van der Waals surface area contributed by atoms with Crippen LogP contribution in [0.5, 0.6) is 0 Å². The van der Waals surface area contributed by atoms with E-state index in [4.69, 9.17) is 0 Å². The molecule has 4 rings (SSSR count). The molecule has 4 aromatic rings. The summed E-state index contributed by atoms with van der Waals surface area (Å²) in [5.41, 5.74) is 3.04. The van der Waals surface area contributed by atoms with Gasteiger partial charge in [0.05, 0.1) is 22.5 Å². The van der Waals surface area contributed by atoms with Gasteiger partial charge in [-0.15, -0.1) is 11.8 Å². The first kappa shape index (κ1) is 19.8. The number of nitrogens with one attached hydrogen (secondary N) is 1. The van der Waals surface area contributed by atoms with Gasteiger partial charge in [-0.25, -0.2) is 14.1 Å². The molecule has 0 saturated heterocycles. The van der Waals surface area contributed by atoms with Gasteiger partial charge in [0, 0.05) is 17.6 Å². The third-order valence-corrected chi connectivity index (χ3v) is 5.56. The molecule has 0 aliphatic rings. The van der Waals surface area contributed by atoms with Gasteiger partial charge < -0.3 is 5.32 Å². The Morgan fingerprint density at radius 3 is 2.73 bits per heavy atom. The molecule has 1 N–H and O–H groups in total. The summed E-state index contributed by atoms with van der Waals surface area (Å²) in [6, 6.07) is 19.8. The molecule has 0 aliphatic carbocycles. The molecule has 150 valence electrons. The minimum Gasteiger partial charge on any atom is -0.322 e. The summed E-state index contributed by atoms with van der Waals surface area (Å²) in [4.78, 5) is 17.1. The number of rotatable bonds is 6. The van der Waals surface area contributed by atoms with Crippen LogP contribution in [-0.2, 0) is 5.75 Å². The summed E-state index contributed by atoms with van der Waals surface area (Å²) in [5.74, 6) is 0.0590. The first-order valence-corrected chi connectivity index (χ1v) is 10.3. The van der Waals surface area contributed by atoms with Crippen LogP contribution in [-0.4, -0.2) is 20.7 Å². The van der Waals surface area contributed by atoms with E-state index in [9.17, 15) is 9.18 Å². The lowest BCUT2D eigenvalue weighted by Crippen LogP contribution is -2.13. The van der Waals surface area contributed by atoms with Crippen molar-refractivity contribution < 1.29 is 9.18 Å². The third kappa shape index (κ3) is 4.41. The lowest BCUT2D eigenvalue weighted by molar-refractivity contribution is 0.102. The number of amides is 1. The summed E-state index contributed by atoms with van der Waals surface area (Å²) < 4.78 is 15.5. The number of carbonyl (C=O) groups is 1. The van der Waals surface area contributed by atoms with Gasteiger partial charge in [-0.2, -0.15) is 5.10 Å². The Balaban J connectivity index is 1.47. The highest BCUT2D eigenvalue weighted by Crippen LogP contribution is 2.23. The predicted molar refractivity (Wildman–Crippen MR) is 116 cm³/mol. The van der Waals surface area contributed by atoms with Crippen LogP contribution in [0.3, 0.4) is 0 Å². The molecule has 2 heterocycles. The normalized spacial score (nSPS) is 10.7. The van der Waals surface area contributed by atoms with Crippen LogP contribution in [0.15, 0.2) is 84.1 Å². The molecule has 30 heavy (non-hydrogen) atoms. The zero-order valence-corrected chi connectivity index (χ0v) is 17.1. The van der Waals surface area contributed by atoms with Crippen molar-refractivity contribution in [1.82, 2.24) is 14.8 Å². The molecule has 0 radical (unpaired) electrons. The fourth-order valence-electron chi connectivity index (χ4n) is 3.03. The first-order valence-electron chi connectivity index (χ1n) is 9.35. The number of hydrogen-bond acceptors (Lipinski definition) is 4. The number of anilines is 1. The van der Waals surface area contributed by atoms with Gasteiger partial charge >= 0.3 is 0 Å². The van der Waals surface area contributed by atoms with E-state index in [1.165, 1.54) is 16.9 Å². The number of nitrogens with zero attached hydrogens (tertiary/aromatic N) is 3. The Hall–Kier alpha value is -3.45. The van der Waals surface area contributed by atoms with Gasteiger partial charge in [-0.3, -0.25) is 4.79 Å². The van der Waals surface area contributed by atoms with Gasteiger partial charge in [0.25, 0.3) is 5.91 Å². The molecule has 2 aromatic heterocycles. The molecule has 0 aliphatic heterocycles. The van der Waals surface area contributed by atoms with E-state index in [-0.39, 0.29) is 5.91 Å². The smallest absolute Gasteiger partial charge is 0.259 e. The zero-order chi connectivity index (χ0) is 20.9. The molecule has 7 heteroatoms. The molecule has 0 atom stereocenters. The molecule has 0 spiro atoms. The summed E-state index contributed by atoms with van der Waals surface area (Å²) >= 11 is 1.63. The summed E-state index contributed by atoms with van der Waals surface area (Å²) in [6.45, 7) is 1.74. The Morgan fingerprint density at radius 1 is 1.10 bits per heavy atom. The van der Waals surface area contributed by atoms with Crippen LogP contribution >= 0.6 is 11.8 Å². The minimum absolute atomic E-state index is 0.287. The summed E-state index contributed by atoms with van der Waals surface area (Å²) in [5, 5.41) is 8.05. The SMILES string of the molecule is Cc1c(C(=O)Nc2cccc(CSc3ccccn3)c2)cnn1-c1ccccc1F. The average Bonchev–Trinajstić information content (AvgIpc) is 3.15. The van der Waals surface area contributed by atoms with Crippen molar-refractivity contribution in [2.45, 2.75) is 17.7 Å². The molecule has 2 aromatic carbocycles. The van der Waals surface area contributed by atoms with Gasteiger partial charge in [0.2, 0.25) is 0 Å². The maximum Gasteiger partial charge on any atom is 0.259 e. The van der Waals surface area contributed by atoms with Gasteiger partial charge in [-0.05, 0) is 48.9 Å². The number of pyridine rings is 1. The Kier molecular flexibility index (Phi) is 5.90. The highest BCUT2D eigenvalue weighted by atomic mass is 32.2. The van der Waals surface area contributed by atoms with E-state index < -0.39 is 5.82 Å². The van der Waals surface area contributed by atoms with Crippen molar-refractivity contribution in [1.29, 1.82) is 0 Å². The Bertz CT molecular complexity index is 1180. The van der Waals surface area contributed by atoms with E-state index in [0.29, 0.717) is 22.6 Å². The number of para-hydroxylation sites is 1. The average molecular weight is 418 g/mol. The maximum absolute atomic E-state index is 14.1. The monoisotopic (exact) mass is 418 g/mol. The second-order valence-corrected chi connectivity index (χ2v) is 7.61. The van der Waals surface area contributed by atoms with Crippen molar-refractivity contribution in [2.75, 3.05) is 5.32 Å². The number of hydrogen-bond donors (Lipinski definition) is 1. The van der Waals surface area contributed by atoms with Crippen molar-refractivity contribution in [3.63, 3.8) is 0 Å². The van der Waals surface area contributed by atoms with Crippen molar-refractivity contribution >= 4 is 23.4 Å². The molecule has 0 bridgehead atoms. The van der Waals surface area contributed by atoms with Crippen LogP contribution in [0.2, 0.25) is 0 Å². The maximum atomic E-state index is 14.1. The molecule has 0 fully saturated rings. The highest BCUT2D eigenvalue weighted by Gasteiger charge is 2.17. The fraction of sp³-hybridized carbons (Fsp3) is 0.0870. The number of aromatic nitrogens is 3. The van der Waals surface area contributed by atoms with Gasteiger partial charge in [-0.1, -0.05) is 30.3 Å². The number of carbonyl (C=O) groups excluding carboxylic acids is 1. The molecular formula is C23H19FN4OS. The molecule has 5 nitrogen and oxygen atoms in total. The summed E-state index contributed by atoms with van der Waals surface area (Å²) in [6.07, 6.45) is 3.22. The number of benzene rings is 2. The second-order valence-electron chi connectivity index (χ2n) is 6.62. The van der Waals surface area contributed by atoms with Crippen LogP contribution in [0, 0.1) is 12.7 Å². The lowest BCUT2D eigenvalue weighted by atomic mass is 10.2. The molecule has 1 amide bonds. The highest BCUT2D eigenvalue weighted by molar-refractivity contribution is 7.98. The van der Waals surface area contributed by atoms with Gasteiger partial charge in [0.1, 0.15) is 11.5 Å². The van der Waals surface area contributed by atoms with E-state index in [1.807, 2.05) is 42.5 Å². The Morgan fingerprint density at radius 2 is 1.93 bits per heavy atom. The molecular weight excluding hydrogens is 399 g/mol. The van der Waals surface area contributed by atoms with E-state index >= 15 is 0 Å². The van der Waals surface area contributed by atoms with Crippen molar-refractivity contribution in [3.8, 4) is 5.69 Å². The topological polar surface area (TPSA) is 59.8 Å². The molecule has 0 unspecified atom stereocenters. The van der Waals surface area contributed by atoms with Crippen molar-refractivity contribution in [2.24, 2.45) is 0 Å². The van der Waals surface area contributed by atoms with E-state index in [1.54, 1.807) is 43.1 Å².